The van der Waals surface area contributed by atoms with E-state index >= 15 is 0 Å². The summed E-state index contributed by atoms with van der Waals surface area (Å²) in [4.78, 5) is 27.3. The van der Waals surface area contributed by atoms with Gasteiger partial charge in [-0.3, -0.25) is 9.59 Å². The SMILES string of the molecule is Cc1cccc(CNC(=O)C(C)(C)C(=O)N2CCC3(CC2)OCCO3)c1. The smallest absolute Gasteiger partial charge is 0.237 e. The molecule has 0 saturated carbocycles. The highest BCUT2D eigenvalue weighted by molar-refractivity contribution is 6.04. The highest BCUT2D eigenvalue weighted by atomic mass is 16.7. The molecule has 2 amide bonds. The minimum absolute atomic E-state index is 0.146. The largest absolute Gasteiger partial charge is 0.351 e. The molecule has 1 aromatic rings. The molecule has 2 fully saturated rings. The molecule has 0 unspecified atom stereocenters. The van der Waals surface area contributed by atoms with Gasteiger partial charge in [0.25, 0.3) is 0 Å². The lowest BCUT2D eigenvalue weighted by atomic mass is 9.88. The summed E-state index contributed by atoms with van der Waals surface area (Å²) in [5.74, 6) is -0.918. The van der Waals surface area contributed by atoms with E-state index in [-0.39, 0.29) is 11.8 Å². The summed E-state index contributed by atoms with van der Waals surface area (Å²) in [6.45, 7) is 8.13. The van der Waals surface area contributed by atoms with Gasteiger partial charge < -0.3 is 19.7 Å². The van der Waals surface area contributed by atoms with Crippen LogP contribution in [-0.4, -0.2) is 48.8 Å². The number of carbonyl (C=O) groups excluding carboxylic acids is 2. The molecule has 0 aliphatic carbocycles. The first-order chi connectivity index (χ1) is 12.3. The van der Waals surface area contributed by atoms with Gasteiger partial charge in [0.1, 0.15) is 5.41 Å². The molecule has 3 rings (SSSR count). The molecule has 0 atom stereocenters. The molecule has 6 nitrogen and oxygen atoms in total. The number of hydrogen-bond acceptors (Lipinski definition) is 4. The third kappa shape index (κ3) is 3.91. The van der Waals surface area contributed by atoms with Gasteiger partial charge in [0, 0.05) is 32.5 Å². The number of ether oxygens (including phenoxy) is 2. The second-order valence-corrected chi connectivity index (χ2v) is 7.70. The Morgan fingerprint density at radius 2 is 1.85 bits per heavy atom. The second kappa shape index (κ2) is 7.37. The number of nitrogens with one attached hydrogen (secondary N) is 1. The average molecular weight is 360 g/mol. The number of piperidine rings is 1. The van der Waals surface area contributed by atoms with E-state index in [9.17, 15) is 9.59 Å². The number of rotatable bonds is 4. The van der Waals surface area contributed by atoms with Gasteiger partial charge in [0.05, 0.1) is 13.2 Å². The second-order valence-electron chi connectivity index (χ2n) is 7.70. The van der Waals surface area contributed by atoms with Crippen LogP contribution < -0.4 is 5.32 Å². The highest BCUT2D eigenvalue weighted by Gasteiger charge is 2.45. The fraction of sp³-hybridized carbons (Fsp3) is 0.600. The molecule has 6 heteroatoms. The van der Waals surface area contributed by atoms with Crippen LogP contribution in [-0.2, 0) is 25.6 Å². The Bertz CT molecular complexity index is 670. The Morgan fingerprint density at radius 1 is 1.19 bits per heavy atom. The van der Waals surface area contributed by atoms with E-state index in [0.717, 1.165) is 11.1 Å². The summed E-state index contributed by atoms with van der Waals surface area (Å²) in [5.41, 5.74) is 1.06. The predicted molar refractivity (Wildman–Crippen MR) is 97.3 cm³/mol. The Morgan fingerprint density at radius 3 is 2.46 bits per heavy atom. The fourth-order valence-electron chi connectivity index (χ4n) is 3.55. The van der Waals surface area contributed by atoms with Gasteiger partial charge in [0.15, 0.2) is 5.79 Å². The molecular weight excluding hydrogens is 332 g/mol. The van der Waals surface area contributed by atoms with Gasteiger partial charge in [-0.1, -0.05) is 29.8 Å². The van der Waals surface area contributed by atoms with E-state index in [4.69, 9.17) is 9.47 Å². The number of hydrogen-bond donors (Lipinski definition) is 1. The van der Waals surface area contributed by atoms with E-state index in [1.807, 2.05) is 31.2 Å². The van der Waals surface area contributed by atoms with Crippen molar-refractivity contribution in [2.45, 2.75) is 45.9 Å². The Hall–Kier alpha value is -1.92. The molecule has 2 saturated heterocycles. The lowest BCUT2D eigenvalue weighted by Crippen LogP contribution is -2.54. The van der Waals surface area contributed by atoms with E-state index in [2.05, 4.69) is 5.32 Å². The molecule has 142 valence electrons. The van der Waals surface area contributed by atoms with Crippen LogP contribution in [0, 0.1) is 12.3 Å². The summed E-state index contributed by atoms with van der Waals surface area (Å²) in [6.07, 6.45) is 1.31. The number of benzene rings is 1. The van der Waals surface area contributed by atoms with Crippen molar-refractivity contribution in [3.05, 3.63) is 35.4 Å². The molecule has 2 aliphatic heterocycles. The summed E-state index contributed by atoms with van der Waals surface area (Å²) < 4.78 is 11.4. The minimum atomic E-state index is -1.11. The molecule has 1 aromatic carbocycles. The van der Waals surface area contributed by atoms with Gasteiger partial charge in [-0.25, -0.2) is 0 Å². The fourth-order valence-corrected chi connectivity index (χ4v) is 3.55. The van der Waals surface area contributed by atoms with Crippen molar-refractivity contribution in [1.29, 1.82) is 0 Å². The highest BCUT2D eigenvalue weighted by Crippen LogP contribution is 2.33. The Labute approximate surface area is 154 Å². The predicted octanol–water partition coefficient (Wildman–Crippen LogP) is 2.00. The number of nitrogens with zero attached hydrogens (tertiary/aromatic N) is 1. The molecule has 0 aromatic heterocycles. The summed E-state index contributed by atoms with van der Waals surface area (Å²) in [7, 11) is 0. The van der Waals surface area contributed by atoms with Crippen molar-refractivity contribution in [3.63, 3.8) is 0 Å². The maximum absolute atomic E-state index is 12.9. The molecule has 0 bridgehead atoms. The molecular formula is C20H28N2O4. The van der Waals surface area contributed by atoms with E-state index in [1.165, 1.54) is 0 Å². The molecule has 1 N–H and O–H groups in total. The van der Waals surface area contributed by atoms with Gasteiger partial charge in [-0.2, -0.15) is 0 Å². The van der Waals surface area contributed by atoms with Crippen LogP contribution >= 0.6 is 0 Å². The first-order valence-electron chi connectivity index (χ1n) is 9.24. The molecule has 0 radical (unpaired) electrons. The topological polar surface area (TPSA) is 67.9 Å². The van der Waals surface area contributed by atoms with Crippen molar-refractivity contribution >= 4 is 11.8 Å². The zero-order chi connectivity index (χ0) is 18.8. The van der Waals surface area contributed by atoms with Crippen molar-refractivity contribution in [2.75, 3.05) is 26.3 Å². The lowest BCUT2D eigenvalue weighted by molar-refractivity contribution is -0.189. The maximum Gasteiger partial charge on any atom is 0.237 e. The Balaban J connectivity index is 1.56. The van der Waals surface area contributed by atoms with Gasteiger partial charge in [-0.05, 0) is 26.3 Å². The van der Waals surface area contributed by atoms with Gasteiger partial charge in [-0.15, -0.1) is 0 Å². The van der Waals surface area contributed by atoms with Gasteiger partial charge >= 0.3 is 0 Å². The van der Waals surface area contributed by atoms with Crippen LogP contribution in [0.5, 0.6) is 0 Å². The summed E-state index contributed by atoms with van der Waals surface area (Å²) >= 11 is 0. The molecule has 26 heavy (non-hydrogen) atoms. The van der Waals surface area contributed by atoms with Crippen molar-refractivity contribution < 1.29 is 19.1 Å². The Kier molecular flexibility index (Phi) is 5.34. The monoisotopic (exact) mass is 360 g/mol. The van der Waals surface area contributed by atoms with Crippen molar-refractivity contribution in [2.24, 2.45) is 5.41 Å². The number of carbonyl (C=O) groups is 2. The number of aryl methyl sites for hydroxylation is 1. The summed E-state index contributed by atoms with van der Waals surface area (Å²) in [5, 5.41) is 2.90. The third-order valence-corrected chi connectivity index (χ3v) is 5.26. The molecule has 2 aliphatic rings. The van der Waals surface area contributed by atoms with Crippen LogP contribution in [0.25, 0.3) is 0 Å². The number of likely N-dealkylation sites (tertiary alicyclic amines) is 1. The van der Waals surface area contributed by atoms with E-state index in [0.29, 0.717) is 45.7 Å². The van der Waals surface area contributed by atoms with Crippen molar-refractivity contribution in [3.8, 4) is 0 Å². The van der Waals surface area contributed by atoms with Gasteiger partial charge in [0.2, 0.25) is 11.8 Å². The van der Waals surface area contributed by atoms with Crippen LogP contribution in [0.3, 0.4) is 0 Å². The average Bonchev–Trinajstić information content (AvgIpc) is 3.08. The standard InChI is InChI=1S/C20H28N2O4/c1-15-5-4-6-16(13-15)14-21-17(23)19(2,3)18(24)22-9-7-20(8-10-22)25-11-12-26-20/h4-6,13H,7-12,14H2,1-3H3,(H,21,23). The zero-order valence-electron chi connectivity index (χ0n) is 15.8. The zero-order valence-corrected chi connectivity index (χ0v) is 15.8. The first kappa shape index (κ1) is 18.9. The minimum Gasteiger partial charge on any atom is -0.351 e. The van der Waals surface area contributed by atoms with E-state index in [1.54, 1.807) is 18.7 Å². The van der Waals surface area contributed by atoms with Crippen LogP contribution in [0.2, 0.25) is 0 Å². The van der Waals surface area contributed by atoms with Crippen molar-refractivity contribution in [1.82, 2.24) is 10.2 Å². The summed E-state index contributed by atoms with van der Waals surface area (Å²) in [6, 6.07) is 7.97. The maximum atomic E-state index is 12.9. The molecule has 2 heterocycles. The normalized spacial score (nSPS) is 19.6. The number of amides is 2. The van der Waals surface area contributed by atoms with Crippen LogP contribution in [0.15, 0.2) is 24.3 Å². The van der Waals surface area contributed by atoms with Crippen LogP contribution in [0.1, 0.15) is 37.8 Å². The van der Waals surface area contributed by atoms with E-state index < -0.39 is 11.2 Å². The lowest BCUT2D eigenvalue weighted by Gasteiger charge is -2.40. The van der Waals surface area contributed by atoms with Crippen LogP contribution in [0.4, 0.5) is 0 Å². The third-order valence-electron chi connectivity index (χ3n) is 5.26. The molecule has 1 spiro atoms. The quantitative estimate of drug-likeness (QED) is 0.834. The first-order valence-corrected chi connectivity index (χ1v) is 9.24.